The van der Waals surface area contributed by atoms with E-state index in [1.807, 2.05) is 30.9 Å². The second-order valence-corrected chi connectivity index (χ2v) is 5.18. The van der Waals surface area contributed by atoms with Crippen LogP contribution in [-0.2, 0) is 20.0 Å². The first-order valence-corrected chi connectivity index (χ1v) is 6.79. The average Bonchev–Trinajstić information content (AvgIpc) is 2.88. The molecule has 0 spiro atoms. The van der Waals surface area contributed by atoms with Gasteiger partial charge < -0.3 is 5.73 Å². The predicted molar refractivity (Wildman–Crippen MR) is 74.2 cm³/mol. The molecule has 0 aliphatic rings. The molecule has 0 saturated carbocycles. The summed E-state index contributed by atoms with van der Waals surface area (Å²) in [6, 6.07) is 1.85. The van der Waals surface area contributed by atoms with Crippen LogP contribution in [0.1, 0.15) is 30.0 Å². The van der Waals surface area contributed by atoms with Crippen LogP contribution in [-0.4, -0.2) is 19.6 Å². The van der Waals surface area contributed by atoms with Crippen LogP contribution in [0.3, 0.4) is 0 Å². The number of halogens is 1. The van der Waals surface area contributed by atoms with Crippen molar-refractivity contribution in [3.8, 4) is 0 Å². The highest BCUT2D eigenvalue weighted by atomic mass is 79.9. The van der Waals surface area contributed by atoms with Gasteiger partial charge in [-0.2, -0.15) is 10.2 Å². The van der Waals surface area contributed by atoms with Crippen LogP contribution in [0.25, 0.3) is 0 Å². The third kappa shape index (κ3) is 2.49. The number of nitrogens with two attached hydrogens (primary N) is 1. The van der Waals surface area contributed by atoms with Crippen LogP contribution >= 0.6 is 15.9 Å². The van der Waals surface area contributed by atoms with Crippen LogP contribution in [0.15, 0.2) is 16.7 Å². The van der Waals surface area contributed by atoms with Crippen molar-refractivity contribution >= 4 is 15.9 Å². The zero-order chi connectivity index (χ0) is 13.3. The van der Waals surface area contributed by atoms with Crippen molar-refractivity contribution in [3.63, 3.8) is 0 Å². The Kier molecular flexibility index (Phi) is 3.87. The van der Waals surface area contributed by atoms with E-state index in [2.05, 4.69) is 33.1 Å². The van der Waals surface area contributed by atoms with Gasteiger partial charge in [0, 0.05) is 26.2 Å². The van der Waals surface area contributed by atoms with Crippen molar-refractivity contribution in [2.45, 2.75) is 32.9 Å². The zero-order valence-electron chi connectivity index (χ0n) is 10.9. The van der Waals surface area contributed by atoms with Gasteiger partial charge in [0.1, 0.15) is 0 Å². The fraction of sp³-hybridized carbons (Fsp3) is 0.500. The minimum Gasteiger partial charge on any atom is -0.322 e. The first-order chi connectivity index (χ1) is 8.52. The third-order valence-electron chi connectivity index (χ3n) is 2.98. The van der Waals surface area contributed by atoms with Gasteiger partial charge in [0.2, 0.25) is 0 Å². The van der Waals surface area contributed by atoms with Gasteiger partial charge in [-0.05, 0) is 35.8 Å². The van der Waals surface area contributed by atoms with E-state index in [9.17, 15) is 0 Å². The predicted octanol–water partition coefficient (Wildman–Crippen LogP) is 1.95. The van der Waals surface area contributed by atoms with Gasteiger partial charge in [0.15, 0.2) is 0 Å². The number of hydrogen-bond donors (Lipinski definition) is 1. The molecule has 1 atom stereocenters. The van der Waals surface area contributed by atoms with Crippen molar-refractivity contribution < 1.29 is 0 Å². The van der Waals surface area contributed by atoms with Gasteiger partial charge >= 0.3 is 0 Å². The summed E-state index contributed by atoms with van der Waals surface area (Å²) in [4.78, 5) is 0. The SMILES string of the molecule is CCn1nc(C)c(Br)c1CC(N)c1ccn(C)n1. The lowest BCUT2D eigenvalue weighted by Gasteiger charge is -2.11. The first kappa shape index (κ1) is 13.3. The molecule has 2 N–H and O–H groups in total. The molecule has 0 amide bonds. The molecule has 5 nitrogen and oxygen atoms in total. The van der Waals surface area contributed by atoms with Crippen molar-refractivity contribution in [2.75, 3.05) is 0 Å². The molecule has 2 aromatic rings. The van der Waals surface area contributed by atoms with Gasteiger partial charge in [-0.25, -0.2) is 0 Å². The largest absolute Gasteiger partial charge is 0.322 e. The van der Waals surface area contributed by atoms with Gasteiger partial charge in [-0.15, -0.1) is 0 Å². The molecular weight excluding hydrogens is 294 g/mol. The Balaban J connectivity index is 2.23. The van der Waals surface area contributed by atoms with Crippen LogP contribution in [0.5, 0.6) is 0 Å². The van der Waals surface area contributed by atoms with E-state index in [1.165, 1.54) is 0 Å². The van der Waals surface area contributed by atoms with E-state index in [0.29, 0.717) is 0 Å². The van der Waals surface area contributed by atoms with Crippen LogP contribution < -0.4 is 5.73 Å². The Morgan fingerprint density at radius 1 is 1.44 bits per heavy atom. The minimum absolute atomic E-state index is 0.108. The Morgan fingerprint density at radius 2 is 2.17 bits per heavy atom. The van der Waals surface area contributed by atoms with E-state index in [4.69, 9.17) is 5.73 Å². The monoisotopic (exact) mass is 311 g/mol. The maximum atomic E-state index is 6.20. The first-order valence-electron chi connectivity index (χ1n) is 5.99. The summed E-state index contributed by atoms with van der Waals surface area (Å²) in [5, 5.41) is 8.81. The average molecular weight is 312 g/mol. The molecule has 6 heteroatoms. The van der Waals surface area contributed by atoms with Gasteiger partial charge in [-0.1, -0.05) is 0 Å². The Bertz CT molecular complexity index is 543. The molecule has 2 heterocycles. The lowest BCUT2D eigenvalue weighted by Crippen LogP contribution is -2.17. The zero-order valence-corrected chi connectivity index (χ0v) is 12.5. The third-order valence-corrected chi connectivity index (χ3v) is 4.01. The van der Waals surface area contributed by atoms with Crippen LogP contribution in [0.4, 0.5) is 0 Å². The maximum absolute atomic E-state index is 6.20. The maximum Gasteiger partial charge on any atom is 0.0795 e. The van der Waals surface area contributed by atoms with Gasteiger partial charge in [0.25, 0.3) is 0 Å². The smallest absolute Gasteiger partial charge is 0.0795 e. The minimum atomic E-state index is -0.108. The topological polar surface area (TPSA) is 61.7 Å². The standard InChI is InChI=1S/C12H18BrN5/c1-4-18-11(12(13)8(2)15-18)7-9(14)10-5-6-17(3)16-10/h5-6,9H,4,7,14H2,1-3H3. The summed E-state index contributed by atoms with van der Waals surface area (Å²) in [5.41, 5.74) is 9.25. The summed E-state index contributed by atoms with van der Waals surface area (Å²) in [5.74, 6) is 0. The molecule has 0 saturated heterocycles. The number of hydrogen-bond acceptors (Lipinski definition) is 3. The fourth-order valence-electron chi connectivity index (χ4n) is 2.01. The van der Waals surface area contributed by atoms with E-state index >= 15 is 0 Å². The van der Waals surface area contributed by atoms with Crippen LogP contribution in [0, 0.1) is 6.92 Å². The summed E-state index contributed by atoms with van der Waals surface area (Å²) in [6.45, 7) is 4.91. The Labute approximate surface area is 115 Å². The molecule has 0 bridgehead atoms. The molecule has 0 fully saturated rings. The molecule has 1 unspecified atom stereocenters. The highest BCUT2D eigenvalue weighted by Gasteiger charge is 2.17. The summed E-state index contributed by atoms with van der Waals surface area (Å²) in [7, 11) is 1.90. The lowest BCUT2D eigenvalue weighted by atomic mass is 10.1. The molecule has 2 rings (SSSR count). The normalized spacial score (nSPS) is 12.9. The van der Waals surface area contributed by atoms with Crippen molar-refractivity contribution in [1.29, 1.82) is 0 Å². The highest BCUT2D eigenvalue weighted by Crippen LogP contribution is 2.25. The molecule has 2 aromatic heterocycles. The molecule has 98 valence electrons. The number of aromatic nitrogens is 4. The highest BCUT2D eigenvalue weighted by molar-refractivity contribution is 9.10. The molecule has 18 heavy (non-hydrogen) atoms. The van der Waals surface area contributed by atoms with E-state index in [-0.39, 0.29) is 6.04 Å². The van der Waals surface area contributed by atoms with Crippen molar-refractivity contribution in [2.24, 2.45) is 12.8 Å². The second-order valence-electron chi connectivity index (χ2n) is 4.39. The van der Waals surface area contributed by atoms with Gasteiger partial charge in [-0.3, -0.25) is 9.36 Å². The second kappa shape index (κ2) is 5.24. The van der Waals surface area contributed by atoms with Crippen molar-refractivity contribution in [3.05, 3.63) is 33.8 Å². The molecular formula is C12H18BrN5. The number of rotatable bonds is 4. The molecule has 0 aromatic carbocycles. The summed E-state index contributed by atoms with van der Waals surface area (Å²) >= 11 is 3.58. The fourth-order valence-corrected chi connectivity index (χ4v) is 2.45. The summed E-state index contributed by atoms with van der Waals surface area (Å²) in [6.07, 6.45) is 2.64. The van der Waals surface area contributed by atoms with Crippen molar-refractivity contribution in [1.82, 2.24) is 19.6 Å². The molecule has 0 radical (unpaired) electrons. The van der Waals surface area contributed by atoms with E-state index < -0.39 is 0 Å². The van der Waals surface area contributed by atoms with Crippen LogP contribution in [0.2, 0.25) is 0 Å². The van der Waals surface area contributed by atoms with E-state index in [0.717, 1.165) is 34.5 Å². The summed E-state index contributed by atoms with van der Waals surface area (Å²) < 4.78 is 4.81. The quantitative estimate of drug-likeness (QED) is 0.938. The molecule has 0 aliphatic heterocycles. The number of nitrogens with zero attached hydrogens (tertiary/aromatic N) is 4. The lowest BCUT2D eigenvalue weighted by molar-refractivity contribution is 0.576. The molecule has 0 aliphatic carbocycles. The Hall–Kier alpha value is -1.14. The van der Waals surface area contributed by atoms with Gasteiger partial charge in [0.05, 0.1) is 27.6 Å². The Morgan fingerprint density at radius 3 is 2.72 bits per heavy atom. The number of aryl methyl sites for hydroxylation is 3. The van der Waals surface area contributed by atoms with E-state index in [1.54, 1.807) is 4.68 Å².